The van der Waals surface area contributed by atoms with Crippen molar-refractivity contribution >= 4 is 17.8 Å². The smallest absolute Gasteiger partial charge is 0.232 e. The van der Waals surface area contributed by atoms with Crippen molar-refractivity contribution in [1.29, 1.82) is 0 Å². The van der Waals surface area contributed by atoms with E-state index in [0.29, 0.717) is 29.7 Å². The summed E-state index contributed by atoms with van der Waals surface area (Å²) in [6, 6.07) is 7.19. The van der Waals surface area contributed by atoms with Gasteiger partial charge in [0, 0.05) is 17.7 Å². The molecule has 5 rings (SSSR count). The van der Waals surface area contributed by atoms with Crippen molar-refractivity contribution in [2.45, 2.75) is 82.7 Å². The summed E-state index contributed by atoms with van der Waals surface area (Å²) in [5.74, 6) is -1.23. The predicted molar refractivity (Wildman–Crippen MR) is 143 cm³/mol. The third-order valence-electron chi connectivity index (χ3n) is 8.78. The van der Waals surface area contributed by atoms with Crippen LogP contribution >= 0.6 is 0 Å². The Labute approximate surface area is 227 Å². The van der Waals surface area contributed by atoms with Gasteiger partial charge in [0.25, 0.3) is 0 Å². The number of aliphatic imine (C=N–C) groups is 1. The number of ether oxygens (including phenoxy) is 1. The lowest BCUT2D eigenvalue weighted by atomic mass is 9.75. The van der Waals surface area contributed by atoms with Gasteiger partial charge in [-0.2, -0.15) is 0 Å². The van der Waals surface area contributed by atoms with Gasteiger partial charge in [-0.25, -0.2) is 9.38 Å². The van der Waals surface area contributed by atoms with Gasteiger partial charge < -0.3 is 20.9 Å². The number of carbonyl (C=O) groups is 2. The molecule has 3 heterocycles. The van der Waals surface area contributed by atoms with Crippen molar-refractivity contribution < 1.29 is 23.8 Å². The zero-order valence-electron chi connectivity index (χ0n) is 22.9. The molecule has 2 aliphatic heterocycles. The molecule has 10 heteroatoms. The average molecular weight is 538 g/mol. The van der Waals surface area contributed by atoms with E-state index in [4.69, 9.17) is 10.5 Å². The van der Waals surface area contributed by atoms with Gasteiger partial charge in [0.2, 0.25) is 11.8 Å². The number of fused-ring (bicyclic) bond motifs is 1. The number of rotatable bonds is 6. The molecule has 0 radical (unpaired) electrons. The number of amides is 2. The SMILES string of the molecule is CC[C@@]1(C)CC(=O)N(C(c2cncc(F)c2)C2CC2C(=O)N[C@@H]2c3ccccc3OC(C)(C)C2(C)O)C(N)=N1. The van der Waals surface area contributed by atoms with Gasteiger partial charge in [0.1, 0.15) is 22.8 Å². The fourth-order valence-corrected chi connectivity index (χ4v) is 5.76. The van der Waals surface area contributed by atoms with Crippen molar-refractivity contribution in [2.75, 3.05) is 0 Å². The second-order valence-electron chi connectivity index (χ2n) is 11.9. The van der Waals surface area contributed by atoms with Crippen LogP contribution in [-0.4, -0.2) is 49.5 Å². The second-order valence-corrected chi connectivity index (χ2v) is 11.9. The highest BCUT2D eigenvalue weighted by Crippen LogP contribution is 2.52. The van der Waals surface area contributed by atoms with Crippen LogP contribution in [-0.2, 0) is 9.59 Å². The maximum atomic E-state index is 14.3. The van der Waals surface area contributed by atoms with Crippen LogP contribution in [0, 0.1) is 17.7 Å². The zero-order valence-corrected chi connectivity index (χ0v) is 22.9. The van der Waals surface area contributed by atoms with E-state index in [9.17, 15) is 19.1 Å². The van der Waals surface area contributed by atoms with Gasteiger partial charge in [-0.15, -0.1) is 0 Å². The van der Waals surface area contributed by atoms with E-state index in [1.807, 2.05) is 38.1 Å². The van der Waals surface area contributed by atoms with Gasteiger partial charge in [-0.3, -0.25) is 19.5 Å². The summed E-state index contributed by atoms with van der Waals surface area (Å²) in [5, 5.41) is 14.6. The summed E-state index contributed by atoms with van der Waals surface area (Å²) < 4.78 is 20.3. The van der Waals surface area contributed by atoms with E-state index in [-0.39, 0.29) is 30.1 Å². The number of nitrogens with one attached hydrogen (secondary N) is 1. The van der Waals surface area contributed by atoms with E-state index in [1.54, 1.807) is 20.8 Å². The minimum Gasteiger partial charge on any atom is -0.484 e. The van der Waals surface area contributed by atoms with Gasteiger partial charge in [-0.05, 0) is 64.2 Å². The van der Waals surface area contributed by atoms with Crippen LogP contribution in [0.2, 0.25) is 0 Å². The van der Waals surface area contributed by atoms with E-state index in [2.05, 4.69) is 15.3 Å². The first-order valence-corrected chi connectivity index (χ1v) is 13.4. The molecule has 2 aromatic rings. The van der Waals surface area contributed by atoms with Crippen molar-refractivity contribution in [3.8, 4) is 5.75 Å². The number of para-hydroxylation sites is 1. The number of hydrogen-bond donors (Lipinski definition) is 3. The van der Waals surface area contributed by atoms with Crippen molar-refractivity contribution in [1.82, 2.24) is 15.2 Å². The molecule has 39 heavy (non-hydrogen) atoms. The summed E-state index contributed by atoms with van der Waals surface area (Å²) in [6.45, 7) is 9.03. The molecule has 4 unspecified atom stereocenters. The lowest BCUT2D eigenvalue weighted by Crippen LogP contribution is -2.62. The fourth-order valence-electron chi connectivity index (χ4n) is 5.76. The molecule has 1 aliphatic carbocycles. The maximum absolute atomic E-state index is 14.3. The van der Waals surface area contributed by atoms with Crippen LogP contribution in [0.15, 0.2) is 47.7 Å². The number of aromatic nitrogens is 1. The number of pyridine rings is 1. The number of benzene rings is 1. The van der Waals surface area contributed by atoms with Crippen LogP contribution in [0.1, 0.15) is 77.1 Å². The Kier molecular flexibility index (Phi) is 6.44. The highest BCUT2D eigenvalue weighted by molar-refractivity contribution is 5.99. The third kappa shape index (κ3) is 4.64. The fraction of sp³-hybridized carbons (Fsp3) is 0.517. The van der Waals surface area contributed by atoms with Gasteiger partial charge in [0.05, 0.1) is 30.2 Å². The van der Waals surface area contributed by atoms with E-state index >= 15 is 0 Å². The Morgan fingerprint density at radius 3 is 2.67 bits per heavy atom. The Morgan fingerprint density at radius 1 is 1.28 bits per heavy atom. The first-order chi connectivity index (χ1) is 18.3. The van der Waals surface area contributed by atoms with Gasteiger partial charge >= 0.3 is 0 Å². The Bertz CT molecular complexity index is 1340. The molecule has 1 fully saturated rings. The maximum Gasteiger partial charge on any atom is 0.232 e. The summed E-state index contributed by atoms with van der Waals surface area (Å²) in [4.78, 5) is 37.1. The highest BCUT2D eigenvalue weighted by atomic mass is 19.1. The van der Waals surface area contributed by atoms with Gasteiger partial charge in [0.15, 0.2) is 5.96 Å². The standard InChI is InChI=1S/C29H36FN5O4/c1-6-28(4)13-22(36)35(26(31)34-28)23(16-11-17(30)15-32-14-16)19-12-20(19)25(37)33-24-18-9-7-8-10-21(18)39-27(2,3)29(24,5)38/h7-11,14-15,19-20,23-24,38H,6,12-13H2,1-5H3,(H2,31,34)(H,33,37)/t19?,20?,23?,24-,28+,29?/m1/s1. The molecule has 9 nitrogen and oxygen atoms in total. The molecule has 4 N–H and O–H groups in total. The molecule has 1 saturated carbocycles. The van der Waals surface area contributed by atoms with E-state index in [1.165, 1.54) is 17.2 Å². The monoisotopic (exact) mass is 537 g/mol. The first-order valence-electron chi connectivity index (χ1n) is 13.4. The number of halogens is 1. The molecule has 0 saturated heterocycles. The summed E-state index contributed by atoms with van der Waals surface area (Å²) in [6.07, 6.45) is 3.83. The molecule has 2 amide bonds. The molecule has 0 spiro atoms. The number of guanidine groups is 1. The minimum absolute atomic E-state index is 0.0546. The number of nitrogens with two attached hydrogens (primary N) is 1. The van der Waals surface area contributed by atoms with Crippen molar-refractivity contribution in [3.05, 3.63) is 59.7 Å². The highest BCUT2D eigenvalue weighted by Gasteiger charge is 2.57. The topological polar surface area (TPSA) is 130 Å². The normalized spacial score (nSPS) is 32.0. The molecule has 1 aromatic carbocycles. The van der Waals surface area contributed by atoms with Crippen molar-refractivity contribution in [3.63, 3.8) is 0 Å². The summed E-state index contributed by atoms with van der Waals surface area (Å²) in [7, 11) is 0. The Balaban J connectivity index is 1.45. The molecule has 3 aliphatic rings. The van der Waals surface area contributed by atoms with Crippen LogP contribution in [0.25, 0.3) is 0 Å². The van der Waals surface area contributed by atoms with Crippen LogP contribution in [0.3, 0.4) is 0 Å². The van der Waals surface area contributed by atoms with Crippen molar-refractivity contribution in [2.24, 2.45) is 22.6 Å². The summed E-state index contributed by atoms with van der Waals surface area (Å²) >= 11 is 0. The average Bonchev–Trinajstić information content (AvgIpc) is 3.64. The minimum atomic E-state index is -1.42. The molecule has 1 aromatic heterocycles. The number of hydrogen-bond acceptors (Lipinski definition) is 7. The third-order valence-corrected chi connectivity index (χ3v) is 8.78. The Morgan fingerprint density at radius 2 is 2.00 bits per heavy atom. The van der Waals surface area contributed by atoms with E-state index < -0.39 is 40.6 Å². The number of nitrogens with zero attached hydrogens (tertiary/aromatic N) is 3. The van der Waals surface area contributed by atoms with E-state index in [0.717, 1.165) is 6.20 Å². The lowest BCUT2D eigenvalue weighted by molar-refractivity contribution is -0.148. The quantitative estimate of drug-likeness (QED) is 0.518. The first kappa shape index (κ1) is 27.1. The second kappa shape index (κ2) is 9.29. The number of aliphatic hydroxyl groups is 1. The molecule has 208 valence electrons. The lowest BCUT2D eigenvalue weighted by Gasteiger charge is -2.49. The zero-order chi connectivity index (χ0) is 28.3. The van der Waals surface area contributed by atoms with Crippen LogP contribution in [0.4, 0.5) is 4.39 Å². The largest absolute Gasteiger partial charge is 0.484 e. The number of carbonyl (C=O) groups excluding carboxylic acids is 2. The molecule has 0 bridgehead atoms. The van der Waals surface area contributed by atoms with Crippen LogP contribution < -0.4 is 15.8 Å². The molecule has 6 atom stereocenters. The van der Waals surface area contributed by atoms with Gasteiger partial charge in [-0.1, -0.05) is 25.1 Å². The summed E-state index contributed by atoms with van der Waals surface area (Å²) in [5.41, 5.74) is 4.47. The van der Waals surface area contributed by atoms with Crippen LogP contribution in [0.5, 0.6) is 5.75 Å². The molecular weight excluding hydrogens is 501 g/mol. The predicted octanol–water partition coefficient (Wildman–Crippen LogP) is 3.39. The Hall–Kier alpha value is -3.53. The molecular formula is C29H36FN5O4.